The lowest BCUT2D eigenvalue weighted by molar-refractivity contribution is 0.0528. The molecule has 6 heteroatoms. The van der Waals surface area contributed by atoms with E-state index in [1.165, 1.54) is 10.9 Å². The summed E-state index contributed by atoms with van der Waals surface area (Å²) < 4.78 is 6.67. The molecule has 0 atom stereocenters. The molecule has 0 spiro atoms. The normalized spacial score (nSPS) is 11.9. The number of nitrogens with zero attached hydrogens (tertiary/aromatic N) is 3. The molecule has 0 fully saturated rings. The number of imidazole rings is 1. The van der Waals surface area contributed by atoms with E-state index in [0.29, 0.717) is 13.1 Å². The number of carbonyl (C=O) groups is 1. The Balaban J connectivity index is 2.73. The number of carbonyl (C=O) groups excluding carboxylic acids is 1. The number of aliphatic hydroxyl groups is 1. The Morgan fingerprint density at radius 1 is 1.56 bits per heavy atom. The van der Waals surface area contributed by atoms with Gasteiger partial charge in [-0.1, -0.05) is 0 Å². The molecule has 1 N–H and O–H groups in total. The predicted octanol–water partition coefficient (Wildman–Crippen LogP) is 1.09. The molecule has 0 aliphatic rings. The minimum absolute atomic E-state index is 0.0804. The first-order valence-corrected chi connectivity index (χ1v) is 5.87. The summed E-state index contributed by atoms with van der Waals surface area (Å²) in [6, 6.07) is 0. The number of hydrogen-bond donors (Lipinski definition) is 1. The molecule has 0 amide bonds. The Morgan fingerprint density at radius 2 is 2.22 bits per heavy atom. The second-order valence-electron chi connectivity index (χ2n) is 5.20. The van der Waals surface area contributed by atoms with Crippen LogP contribution in [0.5, 0.6) is 0 Å². The van der Waals surface area contributed by atoms with Crippen molar-refractivity contribution in [2.75, 3.05) is 20.2 Å². The minimum Gasteiger partial charge on any atom is -0.443 e. The van der Waals surface area contributed by atoms with Crippen LogP contribution < -0.4 is 0 Å². The Bertz CT molecular complexity index is 396. The van der Waals surface area contributed by atoms with E-state index in [1.807, 2.05) is 32.7 Å². The van der Waals surface area contributed by atoms with Crippen molar-refractivity contribution in [3.63, 3.8) is 0 Å². The quantitative estimate of drug-likeness (QED) is 0.872. The van der Waals surface area contributed by atoms with Crippen molar-refractivity contribution in [3.05, 3.63) is 18.2 Å². The van der Waals surface area contributed by atoms with Crippen LogP contribution in [0, 0.1) is 0 Å². The van der Waals surface area contributed by atoms with Gasteiger partial charge in [0.1, 0.15) is 11.9 Å². The standard InChI is InChI=1S/C12H21N3O3/c1-12(2,3)18-11(17)15-9-13-7-10(15)8-14(4)5-6-16/h7,9,16H,5-6,8H2,1-4H3. The predicted molar refractivity (Wildman–Crippen MR) is 67.3 cm³/mol. The third-order valence-electron chi connectivity index (χ3n) is 2.22. The van der Waals surface area contributed by atoms with Gasteiger partial charge in [-0.05, 0) is 27.8 Å². The molecular formula is C12H21N3O3. The molecule has 0 aromatic carbocycles. The zero-order chi connectivity index (χ0) is 13.8. The largest absolute Gasteiger partial charge is 0.443 e. The molecule has 1 aromatic heterocycles. The van der Waals surface area contributed by atoms with Gasteiger partial charge in [0.15, 0.2) is 0 Å². The van der Waals surface area contributed by atoms with E-state index in [2.05, 4.69) is 4.98 Å². The van der Waals surface area contributed by atoms with Crippen LogP contribution in [0.2, 0.25) is 0 Å². The van der Waals surface area contributed by atoms with Crippen molar-refractivity contribution in [2.45, 2.75) is 32.9 Å². The molecule has 6 nitrogen and oxygen atoms in total. The Kier molecular flexibility index (Phi) is 4.86. The summed E-state index contributed by atoms with van der Waals surface area (Å²) in [5.74, 6) is 0. The number of hydrogen-bond acceptors (Lipinski definition) is 5. The van der Waals surface area contributed by atoms with Gasteiger partial charge in [-0.15, -0.1) is 0 Å². The second-order valence-corrected chi connectivity index (χ2v) is 5.20. The zero-order valence-corrected chi connectivity index (χ0v) is 11.4. The zero-order valence-electron chi connectivity index (χ0n) is 11.4. The molecule has 18 heavy (non-hydrogen) atoms. The maximum absolute atomic E-state index is 11.9. The number of aliphatic hydroxyl groups excluding tert-OH is 1. The van der Waals surface area contributed by atoms with Crippen LogP contribution >= 0.6 is 0 Å². The fourth-order valence-corrected chi connectivity index (χ4v) is 1.44. The lowest BCUT2D eigenvalue weighted by atomic mass is 10.2. The van der Waals surface area contributed by atoms with E-state index in [4.69, 9.17) is 9.84 Å². The van der Waals surface area contributed by atoms with Gasteiger partial charge >= 0.3 is 6.09 Å². The summed E-state index contributed by atoms with van der Waals surface area (Å²) >= 11 is 0. The van der Waals surface area contributed by atoms with Gasteiger partial charge in [0, 0.05) is 13.1 Å². The number of aromatic nitrogens is 2. The van der Waals surface area contributed by atoms with E-state index in [-0.39, 0.29) is 6.61 Å². The molecule has 0 saturated heterocycles. The molecule has 1 rings (SSSR count). The minimum atomic E-state index is -0.532. The van der Waals surface area contributed by atoms with Crippen LogP contribution in [0.3, 0.4) is 0 Å². The van der Waals surface area contributed by atoms with Crippen LogP contribution in [-0.4, -0.2) is 51.5 Å². The van der Waals surface area contributed by atoms with Crippen molar-refractivity contribution in [2.24, 2.45) is 0 Å². The molecule has 0 bridgehead atoms. The Morgan fingerprint density at radius 3 is 2.78 bits per heavy atom. The smallest absolute Gasteiger partial charge is 0.420 e. The monoisotopic (exact) mass is 255 g/mol. The van der Waals surface area contributed by atoms with Gasteiger partial charge in [0.25, 0.3) is 0 Å². The summed E-state index contributed by atoms with van der Waals surface area (Å²) in [6.07, 6.45) is 2.63. The van der Waals surface area contributed by atoms with Crippen molar-refractivity contribution < 1.29 is 14.6 Å². The van der Waals surface area contributed by atoms with Crippen LogP contribution in [0.1, 0.15) is 26.5 Å². The van der Waals surface area contributed by atoms with Crippen molar-refractivity contribution in [3.8, 4) is 0 Å². The highest BCUT2D eigenvalue weighted by Crippen LogP contribution is 2.11. The second kappa shape index (κ2) is 5.97. The number of ether oxygens (including phenoxy) is 1. The Labute approximate surface area is 107 Å². The van der Waals surface area contributed by atoms with Crippen LogP contribution in [0.4, 0.5) is 4.79 Å². The molecule has 1 aromatic rings. The molecule has 0 aliphatic carbocycles. The summed E-state index contributed by atoms with van der Waals surface area (Å²) in [6.45, 7) is 6.61. The highest BCUT2D eigenvalue weighted by molar-refractivity contribution is 5.71. The van der Waals surface area contributed by atoms with Crippen LogP contribution in [0.15, 0.2) is 12.5 Å². The highest BCUT2D eigenvalue weighted by atomic mass is 16.6. The molecule has 0 unspecified atom stereocenters. The fourth-order valence-electron chi connectivity index (χ4n) is 1.44. The average molecular weight is 255 g/mol. The lowest BCUT2D eigenvalue weighted by Crippen LogP contribution is -2.29. The van der Waals surface area contributed by atoms with Gasteiger partial charge in [-0.3, -0.25) is 4.90 Å². The molecule has 0 saturated carbocycles. The van der Waals surface area contributed by atoms with E-state index in [1.54, 1.807) is 6.20 Å². The van der Waals surface area contributed by atoms with Gasteiger partial charge in [0.05, 0.1) is 18.5 Å². The van der Waals surface area contributed by atoms with Crippen molar-refractivity contribution >= 4 is 6.09 Å². The van der Waals surface area contributed by atoms with Gasteiger partial charge < -0.3 is 9.84 Å². The molecule has 1 heterocycles. The number of rotatable bonds is 4. The Hall–Kier alpha value is -1.40. The summed E-state index contributed by atoms with van der Waals surface area (Å²) in [5, 5.41) is 8.84. The average Bonchev–Trinajstić information content (AvgIpc) is 2.63. The van der Waals surface area contributed by atoms with Crippen LogP contribution in [0.25, 0.3) is 0 Å². The summed E-state index contributed by atoms with van der Waals surface area (Å²) in [4.78, 5) is 17.8. The first kappa shape index (κ1) is 14.7. The maximum atomic E-state index is 11.9. The highest BCUT2D eigenvalue weighted by Gasteiger charge is 2.20. The third kappa shape index (κ3) is 4.46. The van der Waals surface area contributed by atoms with Crippen molar-refractivity contribution in [1.82, 2.24) is 14.5 Å². The van der Waals surface area contributed by atoms with Crippen LogP contribution in [-0.2, 0) is 11.3 Å². The topological polar surface area (TPSA) is 67.6 Å². The van der Waals surface area contributed by atoms with Gasteiger partial charge in [0.2, 0.25) is 0 Å². The van der Waals surface area contributed by atoms with E-state index < -0.39 is 11.7 Å². The maximum Gasteiger partial charge on any atom is 0.420 e. The molecular weight excluding hydrogens is 234 g/mol. The summed E-state index contributed by atoms with van der Waals surface area (Å²) in [5.41, 5.74) is 0.204. The van der Waals surface area contributed by atoms with E-state index in [0.717, 1.165) is 5.69 Å². The first-order valence-electron chi connectivity index (χ1n) is 5.87. The van der Waals surface area contributed by atoms with Gasteiger partial charge in [-0.2, -0.15) is 0 Å². The van der Waals surface area contributed by atoms with E-state index in [9.17, 15) is 4.79 Å². The molecule has 0 radical (unpaired) electrons. The van der Waals surface area contributed by atoms with Crippen molar-refractivity contribution in [1.29, 1.82) is 0 Å². The van der Waals surface area contributed by atoms with Gasteiger partial charge in [-0.25, -0.2) is 14.3 Å². The SMILES string of the molecule is CN(CCO)Cc1cncn1C(=O)OC(C)(C)C. The van der Waals surface area contributed by atoms with E-state index >= 15 is 0 Å². The third-order valence-corrected chi connectivity index (χ3v) is 2.22. The number of likely N-dealkylation sites (N-methyl/N-ethyl adjacent to an activating group) is 1. The fraction of sp³-hybridized carbons (Fsp3) is 0.667. The molecule has 102 valence electrons. The summed E-state index contributed by atoms with van der Waals surface area (Å²) in [7, 11) is 1.86. The molecule has 0 aliphatic heterocycles. The first-order chi connectivity index (χ1) is 8.33. The lowest BCUT2D eigenvalue weighted by Gasteiger charge is -2.21.